The van der Waals surface area contributed by atoms with Crippen LogP contribution in [0.15, 0.2) is 36.7 Å². The SMILES string of the molecule is Cc1cccc2cnn(-c3c(C(F)(F)F)ccn4nc(C(F)(F)F)nc34)c12. The summed E-state index contributed by atoms with van der Waals surface area (Å²) in [6.45, 7) is 1.67. The van der Waals surface area contributed by atoms with Crippen LogP contribution in [-0.4, -0.2) is 24.4 Å². The third-order valence-electron chi connectivity index (χ3n) is 4.04. The minimum Gasteiger partial charge on any atom is -0.228 e. The molecular weight excluding hydrogens is 376 g/mol. The Morgan fingerprint density at radius 2 is 1.70 bits per heavy atom. The van der Waals surface area contributed by atoms with Crippen molar-refractivity contribution in [1.29, 1.82) is 0 Å². The van der Waals surface area contributed by atoms with E-state index in [2.05, 4.69) is 15.2 Å². The fourth-order valence-electron chi connectivity index (χ4n) is 2.91. The highest BCUT2D eigenvalue weighted by Gasteiger charge is 2.40. The van der Waals surface area contributed by atoms with Gasteiger partial charge in [0.15, 0.2) is 5.65 Å². The topological polar surface area (TPSA) is 48.0 Å². The molecule has 0 saturated carbocycles. The number of rotatable bonds is 1. The molecule has 140 valence electrons. The van der Waals surface area contributed by atoms with Gasteiger partial charge in [0, 0.05) is 11.6 Å². The Labute approximate surface area is 146 Å². The predicted octanol–water partition coefficient (Wildman–Crippen LogP) is 4.41. The molecule has 0 bridgehead atoms. The van der Waals surface area contributed by atoms with Gasteiger partial charge in [0.1, 0.15) is 5.69 Å². The van der Waals surface area contributed by atoms with E-state index in [4.69, 9.17) is 0 Å². The number of para-hydroxylation sites is 1. The van der Waals surface area contributed by atoms with Crippen molar-refractivity contribution in [3.63, 3.8) is 0 Å². The Balaban J connectivity index is 2.14. The molecule has 11 heteroatoms. The third kappa shape index (κ3) is 2.69. The molecule has 0 aliphatic rings. The minimum atomic E-state index is -4.90. The van der Waals surface area contributed by atoms with Gasteiger partial charge in [-0.15, -0.1) is 5.10 Å². The second-order valence-electron chi connectivity index (χ2n) is 5.85. The molecule has 0 atom stereocenters. The van der Waals surface area contributed by atoms with Crippen LogP contribution >= 0.6 is 0 Å². The second-order valence-corrected chi connectivity index (χ2v) is 5.85. The van der Waals surface area contributed by atoms with Crippen molar-refractivity contribution < 1.29 is 26.3 Å². The number of halogens is 6. The van der Waals surface area contributed by atoms with Crippen molar-refractivity contribution in [2.24, 2.45) is 0 Å². The molecule has 0 aliphatic carbocycles. The Kier molecular flexibility index (Phi) is 3.49. The largest absolute Gasteiger partial charge is 0.453 e. The molecular formula is C16H9F6N5. The van der Waals surface area contributed by atoms with Crippen LogP contribution in [0.4, 0.5) is 26.3 Å². The van der Waals surface area contributed by atoms with Crippen LogP contribution < -0.4 is 0 Å². The molecule has 3 heterocycles. The van der Waals surface area contributed by atoms with Crippen molar-refractivity contribution in [2.45, 2.75) is 19.3 Å². The lowest BCUT2D eigenvalue weighted by Gasteiger charge is -2.14. The van der Waals surface area contributed by atoms with Crippen molar-refractivity contribution in [2.75, 3.05) is 0 Å². The molecule has 4 aromatic rings. The normalized spacial score (nSPS) is 13.0. The Morgan fingerprint density at radius 1 is 0.963 bits per heavy atom. The fraction of sp³-hybridized carbons (Fsp3) is 0.188. The molecule has 0 fully saturated rings. The zero-order chi connectivity index (χ0) is 19.6. The van der Waals surface area contributed by atoms with E-state index in [1.54, 1.807) is 25.1 Å². The number of alkyl halides is 6. The van der Waals surface area contributed by atoms with Crippen LogP contribution in [-0.2, 0) is 12.4 Å². The predicted molar refractivity (Wildman–Crippen MR) is 82.4 cm³/mol. The van der Waals surface area contributed by atoms with Gasteiger partial charge in [-0.2, -0.15) is 31.4 Å². The van der Waals surface area contributed by atoms with Crippen LogP contribution in [0, 0.1) is 6.92 Å². The van der Waals surface area contributed by atoms with Gasteiger partial charge in [-0.3, -0.25) is 0 Å². The molecule has 0 N–H and O–H groups in total. The number of benzene rings is 1. The van der Waals surface area contributed by atoms with Crippen LogP contribution in [0.5, 0.6) is 0 Å². The highest BCUT2D eigenvalue weighted by molar-refractivity contribution is 5.85. The zero-order valence-electron chi connectivity index (χ0n) is 13.5. The van der Waals surface area contributed by atoms with E-state index in [9.17, 15) is 26.3 Å². The lowest BCUT2D eigenvalue weighted by Crippen LogP contribution is -2.14. The molecule has 1 aromatic carbocycles. The Bertz CT molecular complexity index is 1170. The standard InChI is InChI=1S/C16H9F6N5/c1-8-3-2-4-9-7-23-27(11(8)9)12-10(15(17,18)19)5-6-26-13(12)24-14(25-26)16(20,21)22/h2-7H,1H3. The maximum atomic E-state index is 13.6. The summed E-state index contributed by atoms with van der Waals surface area (Å²) in [6.07, 6.45) is -7.60. The molecule has 0 spiro atoms. The summed E-state index contributed by atoms with van der Waals surface area (Å²) in [4.78, 5) is 3.32. The number of hydrogen-bond acceptors (Lipinski definition) is 3. The first-order valence-corrected chi connectivity index (χ1v) is 7.55. The smallest absolute Gasteiger partial charge is 0.228 e. The lowest BCUT2D eigenvalue weighted by molar-refractivity contribution is -0.144. The third-order valence-corrected chi connectivity index (χ3v) is 4.04. The van der Waals surface area contributed by atoms with E-state index < -0.39 is 35.1 Å². The number of hydrogen-bond donors (Lipinski definition) is 0. The first-order chi connectivity index (χ1) is 12.6. The summed E-state index contributed by atoms with van der Waals surface area (Å²) < 4.78 is 81.3. The fourth-order valence-corrected chi connectivity index (χ4v) is 2.91. The van der Waals surface area contributed by atoms with E-state index >= 15 is 0 Å². The molecule has 3 aromatic heterocycles. The van der Waals surface area contributed by atoms with Gasteiger partial charge in [0.2, 0.25) is 0 Å². The molecule has 0 radical (unpaired) electrons. The molecule has 0 amide bonds. The van der Waals surface area contributed by atoms with Gasteiger partial charge >= 0.3 is 12.4 Å². The van der Waals surface area contributed by atoms with Gasteiger partial charge in [-0.25, -0.2) is 14.2 Å². The van der Waals surface area contributed by atoms with Gasteiger partial charge in [-0.05, 0) is 18.6 Å². The summed E-state index contributed by atoms with van der Waals surface area (Å²) in [6, 6.07) is 5.67. The van der Waals surface area contributed by atoms with Gasteiger partial charge in [0.05, 0.1) is 17.3 Å². The molecule has 5 nitrogen and oxygen atoms in total. The molecule has 27 heavy (non-hydrogen) atoms. The van der Waals surface area contributed by atoms with E-state index in [0.29, 0.717) is 27.0 Å². The quantitative estimate of drug-likeness (QED) is 0.456. The highest BCUT2D eigenvalue weighted by Crippen LogP contribution is 2.37. The average Bonchev–Trinajstić information content (AvgIpc) is 3.17. The number of aromatic nitrogens is 5. The van der Waals surface area contributed by atoms with E-state index in [0.717, 1.165) is 10.9 Å². The van der Waals surface area contributed by atoms with Crippen molar-refractivity contribution in [3.8, 4) is 5.69 Å². The first kappa shape index (κ1) is 17.3. The summed E-state index contributed by atoms with van der Waals surface area (Å²) in [7, 11) is 0. The Hall–Kier alpha value is -3.11. The molecule has 0 unspecified atom stereocenters. The van der Waals surface area contributed by atoms with Crippen molar-refractivity contribution in [1.82, 2.24) is 24.4 Å². The zero-order valence-corrected chi connectivity index (χ0v) is 13.5. The van der Waals surface area contributed by atoms with Crippen molar-refractivity contribution >= 4 is 16.6 Å². The summed E-state index contributed by atoms with van der Waals surface area (Å²) in [5.74, 6) is -1.53. The second kappa shape index (κ2) is 5.44. The lowest BCUT2D eigenvalue weighted by atomic mass is 10.1. The van der Waals surface area contributed by atoms with Crippen LogP contribution in [0.25, 0.3) is 22.2 Å². The molecule has 0 aliphatic heterocycles. The van der Waals surface area contributed by atoms with Crippen LogP contribution in [0.1, 0.15) is 17.0 Å². The van der Waals surface area contributed by atoms with Gasteiger partial charge < -0.3 is 0 Å². The van der Waals surface area contributed by atoms with E-state index in [1.807, 2.05) is 0 Å². The first-order valence-electron chi connectivity index (χ1n) is 7.55. The minimum absolute atomic E-state index is 0.340. The summed E-state index contributed by atoms with van der Waals surface area (Å²) >= 11 is 0. The number of aryl methyl sites for hydroxylation is 1. The average molecular weight is 385 g/mol. The number of pyridine rings is 1. The van der Waals surface area contributed by atoms with Crippen molar-refractivity contribution in [3.05, 3.63) is 53.6 Å². The molecule has 4 rings (SSSR count). The highest BCUT2D eigenvalue weighted by atomic mass is 19.4. The van der Waals surface area contributed by atoms with E-state index in [1.165, 1.54) is 6.20 Å². The Morgan fingerprint density at radius 3 is 2.37 bits per heavy atom. The maximum Gasteiger partial charge on any atom is 0.453 e. The van der Waals surface area contributed by atoms with Crippen LogP contribution in [0.2, 0.25) is 0 Å². The number of nitrogens with zero attached hydrogens (tertiary/aromatic N) is 5. The van der Waals surface area contributed by atoms with Crippen LogP contribution in [0.3, 0.4) is 0 Å². The molecule has 0 saturated heterocycles. The maximum absolute atomic E-state index is 13.6. The summed E-state index contributed by atoms with van der Waals surface area (Å²) in [5.41, 5.74) is -1.42. The monoisotopic (exact) mass is 385 g/mol. The summed E-state index contributed by atoms with van der Waals surface area (Å²) in [5, 5.41) is 7.77. The van der Waals surface area contributed by atoms with E-state index in [-0.39, 0.29) is 0 Å². The number of fused-ring (bicyclic) bond motifs is 2. The van der Waals surface area contributed by atoms with Gasteiger partial charge in [-0.1, -0.05) is 18.2 Å². The van der Waals surface area contributed by atoms with Gasteiger partial charge in [0.25, 0.3) is 5.82 Å².